The minimum atomic E-state index is 0.0114. The number of hydrogen-bond acceptors (Lipinski definition) is 5. The van der Waals surface area contributed by atoms with Crippen LogP contribution in [-0.2, 0) is 16.8 Å². The average Bonchev–Trinajstić information content (AvgIpc) is 3.32. The summed E-state index contributed by atoms with van der Waals surface area (Å²) in [6.45, 7) is 8.85. The van der Waals surface area contributed by atoms with Crippen LogP contribution in [0.1, 0.15) is 45.1 Å². The molecule has 1 aliphatic heterocycles. The van der Waals surface area contributed by atoms with Gasteiger partial charge in [0.1, 0.15) is 0 Å². The number of rotatable bonds is 5. The standard InChI is InChI=1S/C29H32N4O2/c1-29(2,3)24-11-8-21(9-12-24)27-31-26(35-32-27)19-33-16-14-22(15-17-33)28(34)30-25-13-10-20-6-4-5-7-23(20)18-25/h4-13,18,22H,14-17,19H2,1-3H3,(H,30,34). The van der Waals surface area contributed by atoms with Gasteiger partial charge in [-0.1, -0.05) is 80.5 Å². The highest BCUT2D eigenvalue weighted by molar-refractivity contribution is 5.95. The van der Waals surface area contributed by atoms with E-state index in [9.17, 15) is 4.79 Å². The zero-order valence-corrected chi connectivity index (χ0v) is 20.6. The SMILES string of the molecule is CC(C)(C)c1ccc(-c2noc(CN3CCC(C(=O)Nc4ccc5ccccc5c4)CC3)n2)cc1. The van der Waals surface area contributed by atoms with Crippen LogP contribution in [0.3, 0.4) is 0 Å². The van der Waals surface area contributed by atoms with E-state index in [1.807, 2.05) is 30.3 Å². The first kappa shape index (κ1) is 23.2. The van der Waals surface area contributed by atoms with Crippen molar-refractivity contribution in [3.05, 3.63) is 78.2 Å². The lowest BCUT2D eigenvalue weighted by Crippen LogP contribution is -2.37. The molecule has 180 valence electrons. The number of benzene rings is 3. The summed E-state index contributed by atoms with van der Waals surface area (Å²) in [5.41, 5.74) is 3.19. The highest BCUT2D eigenvalue weighted by atomic mass is 16.5. The van der Waals surface area contributed by atoms with Crippen molar-refractivity contribution >= 4 is 22.4 Å². The van der Waals surface area contributed by atoms with Gasteiger partial charge in [0.25, 0.3) is 0 Å². The van der Waals surface area contributed by atoms with Gasteiger partial charge in [-0.3, -0.25) is 9.69 Å². The third kappa shape index (κ3) is 5.43. The van der Waals surface area contributed by atoms with Crippen molar-refractivity contribution in [2.24, 2.45) is 5.92 Å². The molecule has 0 radical (unpaired) electrons. The average molecular weight is 469 g/mol. The first-order valence-electron chi connectivity index (χ1n) is 12.3. The van der Waals surface area contributed by atoms with Crippen molar-refractivity contribution < 1.29 is 9.32 Å². The fourth-order valence-electron chi connectivity index (χ4n) is 4.61. The summed E-state index contributed by atoms with van der Waals surface area (Å²) in [7, 11) is 0. The second kappa shape index (κ2) is 9.62. The molecule has 1 aliphatic rings. The number of fused-ring (bicyclic) bond motifs is 1. The molecule has 2 heterocycles. The molecule has 5 rings (SSSR count). The summed E-state index contributed by atoms with van der Waals surface area (Å²) in [6.07, 6.45) is 1.63. The van der Waals surface area contributed by atoms with Gasteiger partial charge in [0.2, 0.25) is 17.6 Å². The lowest BCUT2D eigenvalue weighted by atomic mass is 9.87. The zero-order valence-electron chi connectivity index (χ0n) is 20.6. The number of amides is 1. The van der Waals surface area contributed by atoms with Crippen LogP contribution in [0, 0.1) is 5.92 Å². The number of aromatic nitrogens is 2. The summed E-state index contributed by atoms with van der Waals surface area (Å²) in [5, 5.41) is 9.58. The van der Waals surface area contributed by atoms with Crippen molar-refractivity contribution in [2.75, 3.05) is 18.4 Å². The largest absolute Gasteiger partial charge is 0.338 e. The van der Waals surface area contributed by atoms with Crippen molar-refractivity contribution in [2.45, 2.75) is 45.6 Å². The molecule has 1 N–H and O–H groups in total. The molecule has 4 aromatic rings. The number of carbonyl (C=O) groups is 1. The van der Waals surface area contributed by atoms with Gasteiger partial charge in [-0.15, -0.1) is 0 Å². The molecular weight excluding hydrogens is 436 g/mol. The van der Waals surface area contributed by atoms with E-state index in [2.05, 4.69) is 77.5 Å². The Morgan fingerprint density at radius 2 is 1.71 bits per heavy atom. The Labute approximate surface area is 206 Å². The maximum Gasteiger partial charge on any atom is 0.241 e. The van der Waals surface area contributed by atoms with E-state index in [0.29, 0.717) is 18.3 Å². The molecule has 35 heavy (non-hydrogen) atoms. The lowest BCUT2D eigenvalue weighted by Gasteiger charge is -2.30. The van der Waals surface area contributed by atoms with E-state index >= 15 is 0 Å². The van der Waals surface area contributed by atoms with Gasteiger partial charge >= 0.3 is 0 Å². The Balaban J connectivity index is 1.14. The van der Waals surface area contributed by atoms with Crippen LogP contribution in [-0.4, -0.2) is 34.0 Å². The fourth-order valence-corrected chi connectivity index (χ4v) is 4.61. The number of hydrogen-bond donors (Lipinski definition) is 1. The number of nitrogens with one attached hydrogen (secondary N) is 1. The number of nitrogens with zero attached hydrogens (tertiary/aromatic N) is 3. The molecule has 6 nitrogen and oxygen atoms in total. The van der Waals surface area contributed by atoms with Gasteiger partial charge in [0.15, 0.2) is 0 Å². The van der Waals surface area contributed by atoms with Crippen LogP contribution < -0.4 is 5.32 Å². The monoisotopic (exact) mass is 468 g/mol. The Morgan fingerprint density at radius 1 is 1.00 bits per heavy atom. The minimum absolute atomic E-state index is 0.0114. The molecule has 3 aromatic carbocycles. The smallest absolute Gasteiger partial charge is 0.241 e. The van der Waals surface area contributed by atoms with E-state index in [1.165, 1.54) is 10.9 Å². The van der Waals surface area contributed by atoms with Gasteiger partial charge in [-0.05, 0) is 59.8 Å². The number of anilines is 1. The Bertz CT molecular complexity index is 1310. The van der Waals surface area contributed by atoms with Crippen LogP contribution >= 0.6 is 0 Å². The molecule has 0 saturated carbocycles. The maximum atomic E-state index is 12.8. The molecule has 1 amide bonds. The van der Waals surface area contributed by atoms with Gasteiger partial charge in [-0.2, -0.15) is 4.98 Å². The number of piperidine rings is 1. The Morgan fingerprint density at radius 3 is 2.43 bits per heavy atom. The summed E-state index contributed by atoms with van der Waals surface area (Å²) < 4.78 is 5.53. The van der Waals surface area contributed by atoms with Gasteiger partial charge in [0, 0.05) is 17.2 Å². The normalized spacial score (nSPS) is 15.4. The molecule has 0 bridgehead atoms. The Kier molecular flexibility index (Phi) is 6.39. The number of carbonyl (C=O) groups excluding carboxylic acids is 1. The third-order valence-corrected chi connectivity index (χ3v) is 6.81. The summed E-state index contributed by atoms with van der Waals surface area (Å²) in [5.74, 6) is 1.33. The van der Waals surface area contributed by atoms with Gasteiger partial charge in [0.05, 0.1) is 6.54 Å². The van der Waals surface area contributed by atoms with Crippen LogP contribution in [0.2, 0.25) is 0 Å². The van der Waals surface area contributed by atoms with Crippen LogP contribution in [0.5, 0.6) is 0 Å². The van der Waals surface area contributed by atoms with E-state index in [1.54, 1.807) is 0 Å². The first-order valence-corrected chi connectivity index (χ1v) is 12.3. The summed E-state index contributed by atoms with van der Waals surface area (Å²) in [4.78, 5) is 19.7. The molecule has 0 unspecified atom stereocenters. The maximum absolute atomic E-state index is 12.8. The van der Waals surface area contributed by atoms with Crippen molar-refractivity contribution in [3.63, 3.8) is 0 Å². The van der Waals surface area contributed by atoms with Gasteiger partial charge < -0.3 is 9.84 Å². The molecule has 1 aromatic heterocycles. The second-order valence-corrected chi connectivity index (χ2v) is 10.4. The Hall–Kier alpha value is -3.51. The fraction of sp³-hybridized carbons (Fsp3) is 0.345. The molecule has 6 heteroatoms. The third-order valence-electron chi connectivity index (χ3n) is 6.81. The molecule has 0 atom stereocenters. The molecule has 1 saturated heterocycles. The van der Waals surface area contributed by atoms with Crippen LogP contribution in [0.4, 0.5) is 5.69 Å². The van der Waals surface area contributed by atoms with E-state index in [-0.39, 0.29) is 17.2 Å². The quantitative estimate of drug-likeness (QED) is 0.387. The molecule has 1 fully saturated rings. The van der Waals surface area contributed by atoms with E-state index in [0.717, 1.165) is 42.6 Å². The highest BCUT2D eigenvalue weighted by Crippen LogP contribution is 2.26. The molecule has 0 aliphatic carbocycles. The zero-order chi connectivity index (χ0) is 24.4. The predicted octanol–water partition coefficient (Wildman–Crippen LogP) is 6.04. The van der Waals surface area contributed by atoms with Crippen molar-refractivity contribution in [1.82, 2.24) is 15.0 Å². The minimum Gasteiger partial charge on any atom is -0.338 e. The van der Waals surface area contributed by atoms with Crippen LogP contribution in [0.15, 0.2) is 71.3 Å². The molecular formula is C29H32N4O2. The van der Waals surface area contributed by atoms with E-state index < -0.39 is 0 Å². The topological polar surface area (TPSA) is 71.3 Å². The molecule has 0 spiro atoms. The lowest BCUT2D eigenvalue weighted by molar-refractivity contribution is -0.121. The predicted molar refractivity (Wildman–Crippen MR) is 139 cm³/mol. The first-order chi connectivity index (χ1) is 16.8. The second-order valence-electron chi connectivity index (χ2n) is 10.4. The van der Waals surface area contributed by atoms with Gasteiger partial charge in [-0.25, -0.2) is 0 Å². The number of likely N-dealkylation sites (tertiary alicyclic amines) is 1. The van der Waals surface area contributed by atoms with Crippen molar-refractivity contribution in [1.29, 1.82) is 0 Å². The van der Waals surface area contributed by atoms with Crippen LogP contribution in [0.25, 0.3) is 22.2 Å². The highest BCUT2D eigenvalue weighted by Gasteiger charge is 2.26. The summed E-state index contributed by atoms with van der Waals surface area (Å²) >= 11 is 0. The van der Waals surface area contributed by atoms with E-state index in [4.69, 9.17) is 4.52 Å². The summed E-state index contributed by atoms with van der Waals surface area (Å²) in [6, 6.07) is 22.6. The van der Waals surface area contributed by atoms with Crippen molar-refractivity contribution in [3.8, 4) is 11.4 Å².